The first-order chi connectivity index (χ1) is 7.07. The van der Waals surface area contributed by atoms with Crippen LogP contribution in [0.1, 0.15) is 38.3 Å². The lowest BCUT2D eigenvalue weighted by molar-refractivity contribution is 0.374. The molecular weight excluding hydrogens is 184 g/mol. The molecule has 1 aromatic carbocycles. The summed E-state index contributed by atoms with van der Waals surface area (Å²) in [5.41, 5.74) is 8.27. The number of hydrogen-bond donors (Lipinski definition) is 2. The summed E-state index contributed by atoms with van der Waals surface area (Å²) in [6.07, 6.45) is 1.13. The minimum Gasteiger partial charge on any atom is -0.326 e. The predicted molar refractivity (Wildman–Crippen MR) is 65.5 cm³/mol. The second-order valence-electron chi connectivity index (χ2n) is 4.61. The summed E-state index contributed by atoms with van der Waals surface area (Å²) in [7, 11) is 0. The predicted octanol–water partition coefficient (Wildman–Crippen LogP) is 2.42. The Morgan fingerprint density at radius 2 is 1.67 bits per heavy atom. The molecule has 0 bridgehead atoms. The third-order valence-corrected chi connectivity index (χ3v) is 2.91. The van der Waals surface area contributed by atoms with Crippen LogP contribution in [0.5, 0.6) is 0 Å². The Hall–Kier alpha value is -0.860. The monoisotopic (exact) mass is 206 g/mol. The van der Waals surface area contributed by atoms with E-state index in [1.807, 2.05) is 0 Å². The first kappa shape index (κ1) is 12.2. The molecule has 0 atom stereocenters. The van der Waals surface area contributed by atoms with Gasteiger partial charge in [-0.15, -0.1) is 0 Å². The van der Waals surface area contributed by atoms with Gasteiger partial charge in [0.2, 0.25) is 0 Å². The van der Waals surface area contributed by atoms with Gasteiger partial charge in [-0.25, -0.2) is 0 Å². The summed E-state index contributed by atoms with van der Waals surface area (Å²) >= 11 is 0. The Kier molecular flexibility index (Phi) is 4.30. The molecule has 0 saturated heterocycles. The minimum atomic E-state index is 0.215. The van der Waals surface area contributed by atoms with Gasteiger partial charge in [0.1, 0.15) is 0 Å². The van der Waals surface area contributed by atoms with Gasteiger partial charge in [0.05, 0.1) is 0 Å². The zero-order valence-corrected chi connectivity index (χ0v) is 10.0. The Balaban J connectivity index is 2.51. The number of benzene rings is 1. The molecule has 0 spiro atoms. The van der Waals surface area contributed by atoms with Crippen molar-refractivity contribution < 1.29 is 0 Å². The molecule has 0 unspecified atom stereocenters. The van der Waals surface area contributed by atoms with E-state index in [4.69, 9.17) is 5.73 Å². The molecule has 15 heavy (non-hydrogen) atoms. The third-order valence-electron chi connectivity index (χ3n) is 2.91. The van der Waals surface area contributed by atoms with Crippen LogP contribution in [0.2, 0.25) is 0 Å². The molecule has 2 nitrogen and oxygen atoms in total. The first-order valence-electron chi connectivity index (χ1n) is 5.60. The van der Waals surface area contributed by atoms with Crippen LogP contribution in [0.4, 0.5) is 0 Å². The summed E-state index contributed by atoms with van der Waals surface area (Å²) in [6, 6.07) is 8.47. The Morgan fingerprint density at radius 1 is 1.13 bits per heavy atom. The molecule has 84 valence electrons. The van der Waals surface area contributed by atoms with Crippen molar-refractivity contribution in [2.45, 2.75) is 45.8 Å². The van der Waals surface area contributed by atoms with E-state index in [1.165, 1.54) is 11.1 Å². The minimum absolute atomic E-state index is 0.215. The van der Waals surface area contributed by atoms with Crippen LogP contribution in [0.15, 0.2) is 24.3 Å². The summed E-state index contributed by atoms with van der Waals surface area (Å²) in [5, 5.41) is 3.53. The highest BCUT2D eigenvalue weighted by atomic mass is 14.9. The SMILES string of the molecule is CCC(C)(C)NCc1ccc(CN)cc1. The van der Waals surface area contributed by atoms with Gasteiger partial charge in [-0.1, -0.05) is 31.2 Å². The van der Waals surface area contributed by atoms with E-state index in [1.54, 1.807) is 0 Å². The highest BCUT2D eigenvalue weighted by Gasteiger charge is 2.12. The number of nitrogens with one attached hydrogen (secondary N) is 1. The lowest BCUT2D eigenvalue weighted by atomic mass is 10.0. The quantitative estimate of drug-likeness (QED) is 0.776. The van der Waals surface area contributed by atoms with Gasteiger partial charge in [0, 0.05) is 18.6 Å². The van der Waals surface area contributed by atoms with E-state index in [0.29, 0.717) is 6.54 Å². The largest absolute Gasteiger partial charge is 0.326 e. The van der Waals surface area contributed by atoms with E-state index < -0.39 is 0 Å². The Labute approximate surface area is 92.9 Å². The highest BCUT2D eigenvalue weighted by molar-refractivity contribution is 5.22. The molecule has 0 amide bonds. The van der Waals surface area contributed by atoms with Gasteiger partial charge in [-0.2, -0.15) is 0 Å². The van der Waals surface area contributed by atoms with E-state index in [0.717, 1.165) is 13.0 Å². The molecule has 0 aliphatic rings. The number of rotatable bonds is 5. The molecule has 0 aliphatic heterocycles. The Bertz CT molecular complexity index is 288. The van der Waals surface area contributed by atoms with Gasteiger partial charge < -0.3 is 11.1 Å². The van der Waals surface area contributed by atoms with Crippen LogP contribution in [-0.4, -0.2) is 5.54 Å². The van der Waals surface area contributed by atoms with Crippen LogP contribution in [0, 0.1) is 0 Å². The molecule has 0 saturated carbocycles. The van der Waals surface area contributed by atoms with E-state index in [2.05, 4.69) is 50.4 Å². The maximum absolute atomic E-state index is 5.55. The molecule has 0 aliphatic carbocycles. The van der Waals surface area contributed by atoms with Crippen LogP contribution in [0.3, 0.4) is 0 Å². The first-order valence-corrected chi connectivity index (χ1v) is 5.60. The molecule has 0 fully saturated rings. The van der Waals surface area contributed by atoms with Crippen molar-refractivity contribution in [1.82, 2.24) is 5.32 Å². The molecular formula is C13H22N2. The van der Waals surface area contributed by atoms with Gasteiger partial charge >= 0.3 is 0 Å². The normalized spacial score (nSPS) is 11.7. The molecule has 1 aromatic rings. The van der Waals surface area contributed by atoms with Crippen molar-refractivity contribution in [1.29, 1.82) is 0 Å². The van der Waals surface area contributed by atoms with Crippen molar-refractivity contribution in [2.75, 3.05) is 0 Å². The third kappa shape index (κ3) is 4.02. The lowest BCUT2D eigenvalue weighted by Gasteiger charge is -2.24. The summed E-state index contributed by atoms with van der Waals surface area (Å²) in [4.78, 5) is 0. The molecule has 0 radical (unpaired) electrons. The fraction of sp³-hybridized carbons (Fsp3) is 0.538. The van der Waals surface area contributed by atoms with Gasteiger partial charge in [-0.3, -0.25) is 0 Å². The zero-order valence-electron chi connectivity index (χ0n) is 10.0. The second-order valence-corrected chi connectivity index (χ2v) is 4.61. The zero-order chi connectivity index (χ0) is 11.3. The number of nitrogens with two attached hydrogens (primary N) is 1. The van der Waals surface area contributed by atoms with E-state index in [-0.39, 0.29) is 5.54 Å². The van der Waals surface area contributed by atoms with Crippen molar-refractivity contribution >= 4 is 0 Å². The summed E-state index contributed by atoms with van der Waals surface area (Å²) in [5.74, 6) is 0. The lowest BCUT2D eigenvalue weighted by Crippen LogP contribution is -2.37. The average Bonchev–Trinajstić information content (AvgIpc) is 2.27. The Morgan fingerprint density at radius 3 is 2.13 bits per heavy atom. The molecule has 3 N–H and O–H groups in total. The van der Waals surface area contributed by atoms with Gasteiger partial charge in [0.25, 0.3) is 0 Å². The van der Waals surface area contributed by atoms with E-state index >= 15 is 0 Å². The molecule has 0 aromatic heterocycles. The van der Waals surface area contributed by atoms with Crippen LogP contribution < -0.4 is 11.1 Å². The fourth-order valence-corrected chi connectivity index (χ4v) is 1.26. The van der Waals surface area contributed by atoms with Crippen molar-refractivity contribution in [2.24, 2.45) is 5.73 Å². The topological polar surface area (TPSA) is 38.0 Å². The van der Waals surface area contributed by atoms with Gasteiger partial charge in [-0.05, 0) is 31.4 Å². The standard InChI is InChI=1S/C13H22N2/c1-4-13(2,3)15-10-12-7-5-11(9-14)6-8-12/h5-8,15H,4,9-10,14H2,1-3H3. The highest BCUT2D eigenvalue weighted by Crippen LogP contribution is 2.09. The average molecular weight is 206 g/mol. The maximum atomic E-state index is 5.55. The molecule has 1 rings (SSSR count). The van der Waals surface area contributed by atoms with Crippen molar-refractivity contribution in [3.63, 3.8) is 0 Å². The van der Waals surface area contributed by atoms with Gasteiger partial charge in [0.15, 0.2) is 0 Å². The van der Waals surface area contributed by atoms with E-state index in [9.17, 15) is 0 Å². The second kappa shape index (κ2) is 5.29. The smallest absolute Gasteiger partial charge is 0.0210 e. The van der Waals surface area contributed by atoms with Crippen molar-refractivity contribution in [3.8, 4) is 0 Å². The molecule has 2 heteroatoms. The fourth-order valence-electron chi connectivity index (χ4n) is 1.26. The maximum Gasteiger partial charge on any atom is 0.0210 e. The van der Waals surface area contributed by atoms with Crippen LogP contribution >= 0.6 is 0 Å². The van der Waals surface area contributed by atoms with Crippen LogP contribution in [0.25, 0.3) is 0 Å². The van der Waals surface area contributed by atoms with Crippen LogP contribution in [-0.2, 0) is 13.1 Å². The number of hydrogen-bond acceptors (Lipinski definition) is 2. The summed E-state index contributed by atoms with van der Waals surface area (Å²) < 4.78 is 0. The van der Waals surface area contributed by atoms with Crippen molar-refractivity contribution in [3.05, 3.63) is 35.4 Å². The summed E-state index contributed by atoms with van der Waals surface area (Å²) in [6.45, 7) is 8.19. The molecule has 0 heterocycles.